The Bertz CT molecular complexity index is 1370. The summed E-state index contributed by atoms with van der Waals surface area (Å²) in [6, 6.07) is 3.88. The van der Waals surface area contributed by atoms with E-state index in [1.165, 1.54) is 22.0 Å². The molecule has 3 aromatic heterocycles. The molecule has 0 spiro atoms. The van der Waals surface area contributed by atoms with Crippen LogP contribution >= 0.6 is 22.9 Å². The molecule has 9 nitrogen and oxygen atoms in total. The molecule has 0 saturated carbocycles. The van der Waals surface area contributed by atoms with Crippen molar-refractivity contribution < 1.29 is 9.53 Å². The number of carbonyl (C=O) groups is 1. The molecule has 3 heterocycles. The molecule has 184 valence electrons. The number of rotatable bonds is 8. The lowest BCUT2D eigenvalue weighted by Gasteiger charge is -2.29. The number of thiophene rings is 1. The van der Waals surface area contributed by atoms with Gasteiger partial charge in [0.2, 0.25) is 5.91 Å². The maximum atomic E-state index is 13.3. The molecule has 0 aliphatic heterocycles. The van der Waals surface area contributed by atoms with E-state index < -0.39 is 0 Å². The summed E-state index contributed by atoms with van der Waals surface area (Å²) in [6.07, 6.45) is 4.03. The van der Waals surface area contributed by atoms with Crippen LogP contribution in [0.25, 0.3) is 20.4 Å². The molecule has 1 atom stereocenters. The number of aromatic nitrogens is 4. The number of amides is 1. The van der Waals surface area contributed by atoms with E-state index >= 15 is 0 Å². The first-order valence-corrected chi connectivity index (χ1v) is 13.3. The molecule has 11 heteroatoms. The lowest BCUT2D eigenvalue weighted by Crippen LogP contribution is -2.41. The third-order valence-electron chi connectivity index (χ3n) is 6.53. The van der Waals surface area contributed by atoms with Crippen LogP contribution in [-0.2, 0) is 17.6 Å². The van der Waals surface area contributed by atoms with Crippen LogP contribution in [-0.4, -0.2) is 76.1 Å². The lowest BCUT2D eigenvalue weighted by molar-refractivity contribution is -0.135. The molecule has 1 aliphatic carbocycles. The Morgan fingerprint density at radius 3 is 2.89 bits per heavy atom. The zero-order valence-corrected chi connectivity index (χ0v) is 22.0. The van der Waals surface area contributed by atoms with Crippen LogP contribution in [0.1, 0.15) is 23.8 Å². The van der Waals surface area contributed by atoms with Gasteiger partial charge < -0.3 is 19.9 Å². The van der Waals surface area contributed by atoms with Crippen LogP contribution in [0.4, 0.5) is 11.5 Å². The summed E-state index contributed by atoms with van der Waals surface area (Å²) < 4.78 is 10.6. The van der Waals surface area contributed by atoms with Crippen LogP contribution in [0.15, 0.2) is 18.5 Å². The first kappa shape index (κ1) is 23.8. The second-order valence-corrected chi connectivity index (χ2v) is 10.9. The Balaban J connectivity index is 1.43. The number of hydrogen-bond acceptors (Lipinski definition) is 10. The fourth-order valence-electron chi connectivity index (χ4n) is 4.62. The molecule has 4 aromatic rings. The van der Waals surface area contributed by atoms with Crippen molar-refractivity contribution in [2.24, 2.45) is 5.92 Å². The van der Waals surface area contributed by atoms with E-state index in [1.54, 1.807) is 24.8 Å². The predicted octanol–water partition coefficient (Wildman–Crippen LogP) is 3.96. The molecule has 0 bridgehead atoms. The molecule has 1 N–H and O–H groups in total. The molecule has 0 radical (unpaired) electrons. The third-order valence-corrected chi connectivity index (χ3v) is 8.38. The summed E-state index contributed by atoms with van der Waals surface area (Å²) in [4.78, 5) is 28.7. The molecule has 1 aliphatic rings. The summed E-state index contributed by atoms with van der Waals surface area (Å²) in [5.41, 5.74) is 2.88. The molecule has 0 fully saturated rings. The van der Waals surface area contributed by atoms with Crippen molar-refractivity contribution in [1.82, 2.24) is 29.4 Å². The van der Waals surface area contributed by atoms with Gasteiger partial charge in [-0.1, -0.05) is 4.49 Å². The summed E-state index contributed by atoms with van der Waals surface area (Å²) in [7, 11) is 5.72. The van der Waals surface area contributed by atoms with E-state index in [0.29, 0.717) is 5.75 Å². The van der Waals surface area contributed by atoms with Gasteiger partial charge in [-0.05, 0) is 63.4 Å². The largest absolute Gasteiger partial charge is 0.494 e. The number of aryl methyl sites for hydroxylation is 1. The summed E-state index contributed by atoms with van der Waals surface area (Å²) in [5.74, 6) is 1.72. The van der Waals surface area contributed by atoms with Crippen LogP contribution in [0.3, 0.4) is 0 Å². The van der Waals surface area contributed by atoms with Crippen molar-refractivity contribution in [3.05, 3.63) is 28.9 Å². The van der Waals surface area contributed by atoms with Gasteiger partial charge in [-0.15, -0.1) is 16.4 Å². The monoisotopic (exact) mass is 511 g/mol. The van der Waals surface area contributed by atoms with Gasteiger partial charge in [0, 0.05) is 36.5 Å². The van der Waals surface area contributed by atoms with E-state index in [0.717, 1.165) is 70.8 Å². The zero-order chi connectivity index (χ0) is 24.5. The number of nitrogens with zero attached hydrogens (tertiary/aromatic N) is 6. The van der Waals surface area contributed by atoms with Gasteiger partial charge in [0.25, 0.3) is 0 Å². The predicted molar refractivity (Wildman–Crippen MR) is 141 cm³/mol. The number of hydrogen-bond donors (Lipinski definition) is 1. The van der Waals surface area contributed by atoms with E-state index in [-0.39, 0.29) is 11.8 Å². The van der Waals surface area contributed by atoms with Crippen LogP contribution < -0.4 is 10.1 Å². The van der Waals surface area contributed by atoms with Crippen molar-refractivity contribution in [3.63, 3.8) is 0 Å². The van der Waals surface area contributed by atoms with Gasteiger partial charge in [0.15, 0.2) is 0 Å². The fraction of sp³-hybridized carbons (Fsp3) is 0.458. The molecular weight excluding hydrogens is 482 g/mol. The second-order valence-electron chi connectivity index (χ2n) is 8.99. The second kappa shape index (κ2) is 10.00. The minimum absolute atomic E-state index is 0.0170. The van der Waals surface area contributed by atoms with Gasteiger partial charge in [-0.25, -0.2) is 9.97 Å². The average molecular weight is 512 g/mol. The zero-order valence-electron chi connectivity index (χ0n) is 20.4. The van der Waals surface area contributed by atoms with Gasteiger partial charge in [0.1, 0.15) is 28.2 Å². The Morgan fingerprint density at radius 1 is 1.26 bits per heavy atom. The molecule has 0 saturated heterocycles. The Morgan fingerprint density at radius 2 is 2.11 bits per heavy atom. The highest BCUT2D eigenvalue weighted by Crippen LogP contribution is 2.42. The van der Waals surface area contributed by atoms with Crippen molar-refractivity contribution in [1.29, 1.82) is 0 Å². The molecule has 35 heavy (non-hydrogen) atoms. The van der Waals surface area contributed by atoms with Crippen LogP contribution in [0.5, 0.6) is 5.75 Å². The number of nitrogens with one attached hydrogen (secondary N) is 1. The smallest absolute Gasteiger partial charge is 0.226 e. The number of ether oxygens (including phenoxy) is 1. The number of carbonyl (C=O) groups excluding carboxylic acids is 1. The maximum absolute atomic E-state index is 13.3. The van der Waals surface area contributed by atoms with E-state index in [4.69, 9.17) is 4.74 Å². The summed E-state index contributed by atoms with van der Waals surface area (Å²) in [5, 5.41) is 8.66. The molecule has 5 rings (SSSR count). The first-order valence-electron chi connectivity index (χ1n) is 11.7. The SMILES string of the molecule is CCN(CCN(C)C)C(=O)[C@H]1CCc2c(sc3ncnc(Nc4cc5snnc5cc4OC)c23)C1. The van der Waals surface area contributed by atoms with Gasteiger partial charge in [-0.2, -0.15) is 0 Å². The summed E-state index contributed by atoms with van der Waals surface area (Å²) in [6.45, 7) is 4.43. The standard InChI is InChI=1S/C24H29N7O2S2/c1-5-31(9-8-30(2)3)24(32)14-6-7-15-19(10-14)34-23-21(15)22(25-13-26-23)27-16-12-20-17(28-29-35-20)11-18(16)33-4/h11-14H,5-10H2,1-4H3,(H,25,26,27)/t14-/m0/s1. The molecule has 0 unspecified atom stereocenters. The Kier molecular flexibility index (Phi) is 6.81. The highest BCUT2D eigenvalue weighted by atomic mass is 32.1. The first-order chi connectivity index (χ1) is 17.0. The molecular formula is C24H29N7O2S2. The average Bonchev–Trinajstić information content (AvgIpc) is 3.47. The van der Waals surface area contributed by atoms with Crippen molar-refractivity contribution >= 4 is 60.7 Å². The lowest BCUT2D eigenvalue weighted by atomic mass is 9.87. The highest BCUT2D eigenvalue weighted by molar-refractivity contribution is 7.19. The summed E-state index contributed by atoms with van der Waals surface area (Å²) >= 11 is 3.02. The van der Waals surface area contributed by atoms with Gasteiger partial charge in [0.05, 0.1) is 22.9 Å². The third kappa shape index (κ3) is 4.67. The van der Waals surface area contributed by atoms with Crippen LogP contribution in [0.2, 0.25) is 0 Å². The van der Waals surface area contributed by atoms with Crippen molar-refractivity contribution in [3.8, 4) is 5.75 Å². The number of methoxy groups -OCH3 is 1. The minimum atomic E-state index is 0.0170. The van der Waals surface area contributed by atoms with E-state index in [2.05, 4.69) is 36.7 Å². The Labute approximate surface area is 212 Å². The van der Waals surface area contributed by atoms with E-state index in [9.17, 15) is 4.79 Å². The number of benzene rings is 1. The van der Waals surface area contributed by atoms with E-state index in [1.807, 2.05) is 31.1 Å². The molecule has 1 aromatic carbocycles. The minimum Gasteiger partial charge on any atom is -0.494 e. The number of likely N-dealkylation sites (N-methyl/N-ethyl adjacent to an activating group) is 2. The fourth-order valence-corrected chi connectivity index (χ4v) is 6.47. The number of fused-ring (bicyclic) bond motifs is 4. The van der Waals surface area contributed by atoms with Crippen molar-refractivity contribution in [2.75, 3.05) is 46.2 Å². The number of anilines is 2. The van der Waals surface area contributed by atoms with Crippen molar-refractivity contribution in [2.45, 2.75) is 26.2 Å². The highest BCUT2D eigenvalue weighted by Gasteiger charge is 2.31. The van der Waals surface area contributed by atoms with Crippen LogP contribution in [0, 0.1) is 5.92 Å². The quantitative estimate of drug-likeness (QED) is 0.380. The topological polar surface area (TPSA) is 96.4 Å². The normalized spacial score (nSPS) is 15.5. The maximum Gasteiger partial charge on any atom is 0.226 e. The molecule has 1 amide bonds. The Hall–Kier alpha value is -2.89. The van der Waals surface area contributed by atoms with Gasteiger partial charge in [-0.3, -0.25) is 4.79 Å². The van der Waals surface area contributed by atoms with Gasteiger partial charge >= 0.3 is 0 Å².